The second-order valence-corrected chi connectivity index (χ2v) is 7.86. The summed E-state index contributed by atoms with van der Waals surface area (Å²) in [5.74, 6) is -0.470. The molecule has 0 aliphatic heterocycles. The number of nitrogens with zero attached hydrogens (tertiary/aromatic N) is 9. The van der Waals surface area contributed by atoms with Crippen LogP contribution in [-0.4, -0.2) is 56.2 Å². The topological polar surface area (TPSA) is 137 Å². The van der Waals surface area contributed by atoms with Crippen LogP contribution in [0.25, 0.3) is 22.9 Å². The van der Waals surface area contributed by atoms with Crippen molar-refractivity contribution >= 4 is 40.8 Å². The van der Waals surface area contributed by atoms with Gasteiger partial charge in [-0.3, -0.25) is 0 Å². The summed E-state index contributed by atoms with van der Waals surface area (Å²) in [6, 6.07) is 2.52. The van der Waals surface area contributed by atoms with Crippen molar-refractivity contribution in [2.75, 3.05) is 0 Å². The number of aliphatic carboxylic acids is 1. The SMILES string of the molecule is CCC(C(=O)O)n1nnc(-c2cnc(-c3cn(Cc4cc(Cl)c(Cl)c(Cl)c4)nn3)nc2)n1. The van der Waals surface area contributed by atoms with Crippen LogP contribution in [0, 0.1) is 0 Å². The van der Waals surface area contributed by atoms with Gasteiger partial charge < -0.3 is 5.11 Å². The Kier molecular flexibility index (Phi) is 6.31. The van der Waals surface area contributed by atoms with Crippen LogP contribution in [0.3, 0.4) is 0 Å². The molecule has 0 fully saturated rings. The van der Waals surface area contributed by atoms with E-state index in [1.54, 1.807) is 29.9 Å². The Morgan fingerprint density at radius 3 is 2.38 bits per heavy atom. The van der Waals surface area contributed by atoms with Crippen molar-refractivity contribution < 1.29 is 9.90 Å². The normalized spacial score (nSPS) is 12.1. The fraction of sp³-hybridized carbons (Fsp3) is 0.222. The molecule has 32 heavy (non-hydrogen) atoms. The number of tetrazole rings is 1. The predicted molar refractivity (Wildman–Crippen MR) is 115 cm³/mol. The standard InChI is InChI=1S/C18H14Cl3N9O2/c1-2-14(18(31)32)30-26-16(25-28-30)10-5-22-17(23-6-10)13-8-29(27-24-13)7-9-3-11(19)15(21)12(20)4-9/h3-6,8,14H,2,7H2,1H3,(H,31,32). The zero-order chi connectivity index (χ0) is 22.8. The summed E-state index contributed by atoms with van der Waals surface area (Å²) in [4.78, 5) is 20.9. The molecule has 0 spiro atoms. The van der Waals surface area contributed by atoms with E-state index in [0.717, 1.165) is 10.4 Å². The molecule has 3 heterocycles. The number of hydrogen-bond donors (Lipinski definition) is 1. The molecule has 0 bridgehead atoms. The van der Waals surface area contributed by atoms with Crippen LogP contribution in [0.1, 0.15) is 24.9 Å². The van der Waals surface area contributed by atoms with E-state index in [2.05, 4.69) is 35.7 Å². The minimum atomic E-state index is -1.03. The van der Waals surface area contributed by atoms with E-state index in [-0.39, 0.29) is 5.82 Å². The molecule has 0 amide bonds. The summed E-state index contributed by atoms with van der Waals surface area (Å²) in [7, 11) is 0. The molecule has 1 N–H and O–H groups in total. The van der Waals surface area contributed by atoms with E-state index in [4.69, 9.17) is 34.8 Å². The Hall–Kier alpha value is -3.15. The summed E-state index contributed by atoms with van der Waals surface area (Å²) < 4.78 is 1.59. The van der Waals surface area contributed by atoms with Gasteiger partial charge in [-0.25, -0.2) is 19.4 Å². The molecular weight excluding hydrogens is 481 g/mol. The maximum Gasteiger partial charge on any atom is 0.330 e. The molecule has 1 aromatic carbocycles. The minimum Gasteiger partial charge on any atom is -0.480 e. The highest BCUT2D eigenvalue weighted by molar-refractivity contribution is 6.48. The number of halogens is 3. The zero-order valence-electron chi connectivity index (χ0n) is 16.4. The number of carbonyl (C=O) groups is 1. The Morgan fingerprint density at radius 1 is 1.06 bits per heavy atom. The number of aromatic nitrogens is 9. The molecule has 0 saturated heterocycles. The molecule has 11 nitrogen and oxygen atoms in total. The zero-order valence-corrected chi connectivity index (χ0v) is 18.7. The van der Waals surface area contributed by atoms with Crippen LogP contribution in [0.2, 0.25) is 15.1 Å². The van der Waals surface area contributed by atoms with E-state index < -0.39 is 12.0 Å². The maximum absolute atomic E-state index is 11.3. The van der Waals surface area contributed by atoms with Crippen molar-refractivity contribution in [2.24, 2.45) is 0 Å². The van der Waals surface area contributed by atoms with Crippen LogP contribution in [0.15, 0.2) is 30.7 Å². The number of carboxylic acid groups (broad SMARTS) is 1. The molecule has 164 valence electrons. The van der Waals surface area contributed by atoms with Crippen LogP contribution in [0.4, 0.5) is 0 Å². The number of carboxylic acids is 1. The smallest absolute Gasteiger partial charge is 0.330 e. The number of hydrogen-bond acceptors (Lipinski definition) is 8. The van der Waals surface area contributed by atoms with Gasteiger partial charge in [-0.1, -0.05) is 46.9 Å². The van der Waals surface area contributed by atoms with Crippen molar-refractivity contribution in [1.82, 2.24) is 45.2 Å². The Balaban J connectivity index is 1.50. The van der Waals surface area contributed by atoms with Gasteiger partial charge >= 0.3 is 5.97 Å². The summed E-state index contributed by atoms with van der Waals surface area (Å²) >= 11 is 18.1. The van der Waals surface area contributed by atoms with Gasteiger partial charge in [-0.05, 0) is 29.3 Å². The van der Waals surface area contributed by atoms with Crippen molar-refractivity contribution in [3.63, 3.8) is 0 Å². The Bertz CT molecular complexity index is 1250. The highest BCUT2D eigenvalue weighted by Crippen LogP contribution is 2.31. The van der Waals surface area contributed by atoms with E-state index in [0.29, 0.717) is 45.1 Å². The predicted octanol–water partition coefficient (Wildman–Crippen LogP) is 3.43. The third-order valence-electron chi connectivity index (χ3n) is 4.44. The molecule has 4 rings (SSSR count). The molecule has 0 aliphatic rings. The quantitative estimate of drug-likeness (QED) is 0.383. The summed E-state index contributed by atoms with van der Waals surface area (Å²) in [6.07, 6.45) is 5.01. The van der Waals surface area contributed by atoms with Gasteiger partial charge in [-0.2, -0.15) is 0 Å². The first-order valence-corrected chi connectivity index (χ1v) is 10.4. The largest absolute Gasteiger partial charge is 0.480 e. The van der Waals surface area contributed by atoms with Crippen molar-refractivity contribution in [2.45, 2.75) is 25.9 Å². The monoisotopic (exact) mass is 493 g/mol. The van der Waals surface area contributed by atoms with Crippen LogP contribution in [0.5, 0.6) is 0 Å². The summed E-state index contributed by atoms with van der Waals surface area (Å²) in [5, 5.41) is 30.2. The van der Waals surface area contributed by atoms with Gasteiger partial charge in [0.15, 0.2) is 11.9 Å². The molecular formula is C18H14Cl3N9O2. The Labute approximate surface area is 196 Å². The molecule has 3 aromatic heterocycles. The molecule has 4 aromatic rings. The second-order valence-electron chi connectivity index (χ2n) is 6.67. The average molecular weight is 495 g/mol. The first-order valence-electron chi connectivity index (χ1n) is 9.24. The number of rotatable bonds is 7. The highest BCUT2D eigenvalue weighted by Gasteiger charge is 2.21. The molecule has 0 radical (unpaired) electrons. The van der Waals surface area contributed by atoms with Gasteiger partial charge in [-0.15, -0.1) is 20.1 Å². The third kappa shape index (κ3) is 4.54. The first-order chi connectivity index (χ1) is 15.4. The minimum absolute atomic E-state index is 0.219. The molecule has 1 atom stereocenters. The van der Waals surface area contributed by atoms with Crippen LogP contribution < -0.4 is 0 Å². The fourth-order valence-corrected chi connectivity index (χ4v) is 3.49. The van der Waals surface area contributed by atoms with Gasteiger partial charge in [0, 0.05) is 12.4 Å². The maximum atomic E-state index is 11.3. The lowest BCUT2D eigenvalue weighted by Gasteiger charge is -2.06. The molecule has 14 heteroatoms. The summed E-state index contributed by atoms with van der Waals surface area (Å²) in [5.41, 5.74) is 1.74. The van der Waals surface area contributed by atoms with Crippen LogP contribution >= 0.6 is 34.8 Å². The highest BCUT2D eigenvalue weighted by atomic mass is 35.5. The van der Waals surface area contributed by atoms with Crippen LogP contribution in [-0.2, 0) is 11.3 Å². The third-order valence-corrected chi connectivity index (χ3v) is 5.64. The van der Waals surface area contributed by atoms with Crippen molar-refractivity contribution in [3.8, 4) is 22.9 Å². The van der Waals surface area contributed by atoms with Gasteiger partial charge in [0.2, 0.25) is 5.82 Å². The van der Waals surface area contributed by atoms with Gasteiger partial charge in [0.25, 0.3) is 0 Å². The van der Waals surface area contributed by atoms with E-state index in [9.17, 15) is 9.90 Å². The molecule has 0 saturated carbocycles. The summed E-state index contributed by atoms with van der Waals surface area (Å²) in [6.45, 7) is 2.10. The van der Waals surface area contributed by atoms with Crippen molar-refractivity contribution in [3.05, 3.63) is 51.4 Å². The van der Waals surface area contributed by atoms with Gasteiger partial charge in [0.05, 0.1) is 33.4 Å². The lowest BCUT2D eigenvalue weighted by Crippen LogP contribution is -2.20. The lowest BCUT2D eigenvalue weighted by molar-refractivity contribution is -0.141. The molecule has 1 unspecified atom stereocenters. The van der Waals surface area contributed by atoms with Crippen molar-refractivity contribution in [1.29, 1.82) is 0 Å². The molecule has 0 aliphatic carbocycles. The van der Waals surface area contributed by atoms with E-state index >= 15 is 0 Å². The number of benzene rings is 1. The van der Waals surface area contributed by atoms with E-state index in [1.165, 1.54) is 12.4 Å². The lowest BCUT2D eigenvalue weighted by atomic mass is 10.2. The fourth-order valence-electron chi connectivity index (χ4n) is 2.85. The first kappa shape index (κ1) is 22.1. The van der Waals surface area contributed by atoms with Gasteiger partial charge in [0.1, 0.15) is 5.69 Å². The van der Waals surface area contributed by atoms with E-state index in [1.807, 2.05) is 0 Å². The average Bonchev–Trinajstić information content (AvgIpc) is 3.43. The second kappa shape index (κ2) is 9.15. The Morgan fingerprint density at radius 2 is 1.75 bits per heavy atom.